The van der Waals surface area contributed by atoms with Gasteiger partial charge >= 0.3 is 0 Å². The van der Waals surface area contributed by atoms with E-state index in [1.807, 2.05) is 132 Å². The van der Waals surface area contributed by atoms with Crippen LogP contribution < -0.4 is 37.2 Å². The first-order chi connectivity index (χ1) is 36.4. The van der Waals surface area contributed by atoms with E-state index in [-0.39, 0.29) is 56.2 Å². The predicted octanol–water partition coefficient (Wildman–Crippen LogP) is 18.6. The lowest BCUT2D eigenvalue weighted by molar-refractivity contribution is -0.129. The largest absolute Gasteiger partial charge is 0.356 e. The summed E-state index contributed by atoms with van der Waals surface area (Å²) < 4.78 is 0. The Balaban J connectivity index is -0.0000000910. The van der Waals surface area contributed by atoms with Crippen molar-refractivity contribution in [3.63, 3.8) is 0 Å². The Hall–Kier alpha value is -2.24. The lowest BCUT2D eigenvalue weighted by Crippen LogP contribution is -2.39. The highest BCUT2D eigenvalue weighted by molar-refractivity contribution is 5.82. The third kappa shape index (κ3) is 109. The first-order valence-corrected chi connectivity index (χ1v) is 32.7. The van der Waals surface area contributed by atoms with Gasteiger partial charge in [0.1, 0.15) is 0 Å². The van der Waals surface area contributed by atoms with Crippen LogP contribution in [0.5, 0.6) is 0 Å². The normalized spacial score (nSPS) is 11.7. The van der Waals surface area contributed by atoms with Crippen LogP contribution in [0.15, 0.2) is 0 Å². The van der Waals surface area contributed by atoms with Crippen molar-refractivity contribution >= 4 is 23.6 Å². The number of rotatable bonds is 16. The van der Waals surface area contributed by atoms with E-state index in [0.717, 1.165) is 65.2 Å². The zero-order valence-corrected chi connectivity index (χ0v) is 64.3. The minimum atomic E-state index is -0.273. The molecule has 0 aliphatic heterocycles. The monoisotopic (exact) mass is 1180 g/mol. The lowest BCUT2D eigenvalue weighted by atomic mass is 9.90. The summed E-state index contributed by atoms with van der Waals surface area (Å²) in [7, 11) is 0. The van der Waals surface area contributed by atoms with Crippen molar-refractivity contribution in [2.75, 3.05) is 52.4 Å². The quantitative estimate of drug-likeness (QED) is 0.0760. The summed E-state index contributed by atoms with van der Waals surface area (Å²) >= 11 is 0. The third-order valence-electron chi connectivity index (χ3n) is 10.3. The Labute approximate surface area is 519 Å². The fourth-order valence-electron chi connectivity index (χ4n) is 4.95. The summed E-state index contributed by atoms with van der Waals surface area (Å²) in [5.74, 6) is 1.17. The number of hydrogen-bond donors (Lipinski definition) is 7. The molecule has 11 nitrogen and oxygen atoms in total. The van der Waals surface area contributed by atoms with Gasteiger partial charge in [-0.15, -0.1) is 0 Å². The second-order valence-corrected chi connectivity index (χ2v) is 32.1. The molecule has 0 heterocycles. The van der Waals surface area contributed by atoms with Gasteiger partial charge in [0.25, 0.3) is 0 Å². The molecule has 0 aliphatic rings. The average Bonchev–Trinajstić information content (AvgIpc) is 3.27. The molecule has 0 saturated carbocycles. The van der Waals surface area contributed by atoms with Gasteiger partial charge in [-0.25, -0.2) is 0 Å². The van der Waals surface area contributed by atoms with E-state index >= 15 is 0 Å². The van der Waals surface area contributed by atoms with Crippen LogP contribution in [0.2, 0.25) is 0 Å². The fraction of sp³-hybridized carbons (Fsp3) is 0.944. The molecule has 0 fully saturated rings. The van der Waals surface area contributed by atoms with E-state index in [0.29, 0.717) is 27.7 Å². The van der Waals surface area contributed by atoms with Crippen LogP contribution in [0.3, 0.4) is 0 Å². The minimum absolute atomic E-state index is 0.116. The van der Waals surface area contributed by atoms with Gasteiger partial charge in [0, 0.05) is 58.9 Å². The number of unbranched alkanes of at least 4 members (excludes halogenated alkanes) is 1. The Kier molecular flexibility index (Phi) is 65.8. The third-order valence-corrected chi connectivity index (χ3v) is 10.3. The molecular formula is C71H161N7O4. The molecule has 7 N–H and O–H groups in total. The first-order valence-electron chi connectivity index (χ1n) is 32.7. The molecular weight excluding hydrogens is 1010 g/mol. The summed E-state index contributed by atoms with van der Waals surface area (Å²) in [5, 5.41) is 21.7. The van der Waals surface area contributed by atoms with E-state index in [4.69, 9.17) is 0 Å². The summed E-state index contributed by atoms with van der Waals surface area (Å²) in [6, 6.07) is 0. The molecule has 11 heteroatoms. The van der Waals surface area contributed by atoms with Crippen LogP contribution in [0.4, 0.5) is 0 Å². The first kappa shape index (κ1) is 102. The molecule has 0 rings (SSSR count). The van der Waals surface area contributed by atoms with Crippen LogP contribution in [0.1, 0.15) is 329 Å². The molecule has 504 valence electrons. The van der Waals surface area contributed by atoms with Crippen LogP contribution in [0, 0.1) is 49.2 Å². The fourth-order valence-corrected chi connectivity index (χ4v) is 4.95. The highest BCUT2D eigenvalue weighted by atomic mass is 16.2. The van der Waals surface area contributed by atoms with Crippen LogP contribution in [0.25, 0.3) is 0 Å². The maximum absolute atomic E-state index is 11.4. The standard InChI is InChI=1S/C11H23NO.C11H25N.2C10H21NO.2C8H19N.C7H15NO.3C2H6/c1-10(2,3)7-8-12-9(13)11(4,5)6;1-10(2,3)8-7-9-12-11(4,5)6;1-9(2,3)7-11-8(12)10(4,5)6;1-8(2)6-7-11-9(12)10(3,4)5;1-5-9-7-6-8(2,3)4;1-5-6-7-9-8(2,3)4;1-5-8-6(9)7(2,3)4;3*1-2/h7-8H2,1-6H3,(H,12,13);12H,7-9H2,1-6H3;7H2,1-6H3,(H,11,12);8H,6-7H2,1-5H3,(H,11,12);2*9H,5-7H2,1-4H3;5H2,1-4H3,(H,8,9);3*1-2H3. The van der Waals surface area contributed by atoms with Gasteiger partial charge in [0.05, 0.1) is 0 Å². The van der Waals surface area contributed by atoms with Gasteiger partial charge < -0.3 is 37.2 Å². The smallest absolute Gasteiger partial charge is 0.225 e. The molecule has 0 saturated heterocycles. The molecule has 0 radical (unpaired) electrons. The summed E-state index contributed by atoms with van der Waals surface area (Å²) in [6.07, 6.45) is 8.49. The van der Waals surface area contributed by atoms with Crippen LogP contribution in [-0.4, -0.2) is 87.1 Å². The highest BCUT2D eigenvalue weighted by Crippen LogP contribution is 2.21. The Morgan fingerprint density at radius 3 is 0.866 bits per heavy atom. The zero-order chi connectivity index (χ0) is 68.4. The second kappa shape index (κ2) is 53.0. The summed E-state index contributed by atoms with van der Waals surface area (Å²) in [5.41, 5.74) is 0.983. The number of amides is 4. The molecule has 0 aromatic carbocycles. The zero-order valence-electron chi connectivity index (χ0n) is 64.3. The van der Waals surface area contributed by atoms with Gasteiger partial charge in [-0.05, 0) is 141 Å². The Bertz CT molecular complexity index is 1380. The Morgan fingerprint density at radius 2 is 0.622 bits per heavy atom. The number of hydrogen-bond acceptors (Lipinski definition) is 7. The Morgan fingerprint density at radius 1 is 0.329 bits per heavy atom. The molecule has 0 aromatic heterocycles. The van der Waals surface area contributed by atoms with Crippen molar-refractivity contribution in [2.24, 2.45) is 49.2 Å². The molecule has 0 atom stereocenters. The van der Waals surface area contributed by atoms with Crippen molar-refractivity contribution in [3.05, 3.63) is 0 Å². The van der Waals surface area contributed by atoms with Crippen molar-refractivity contribution in [1.29, 1.82) is 0 Å². The van der Waals surface area contributed by atoms with Crippen molar-refractivity contribution in [2.45, 2.75) is 340 Å². The van der Waals surface area contributed by atoms with E-state index in [9.17, 15) is 19.2 Å². The van der Waals surface area contributed by atoms with Gasteiger partial charge in [-0.3, -0.25) is 19.2 Å². The number of carbonyl (C=O) groups excluding carboxylic acids is 4. The van der Waals surface area contributed by atoms with Gasteiger partial charge in [-0.1, -0.05) is 242 Å². The molecule has 82 heavy (non-hydrogen) atoms. The molecule has 0 spiro atoms. The predicted molar refractivity (Wildman–Crippen MR) is 374 cm³/mol. The van der Waals surface area contributed by atoms with Crippen molar-refractivity contribution < 1.29 is 19.2 Å². The molecule has 0 aliphatic carbocycles. The molecule has 0 aromatic rings. The maximum Gasteiger partial charge on any atom is 0.225 e. The summed E-state index contributed by atoms with van der Waals surface area (Å²) in [6.45, 7) is 93.0. The maximum atomic E-state index is 11.4. The van der Waals surface area contributed by atoms with Gasteiger partial charge in [0.2, 0.25) is 23.6 Å². The SMILES string of the molecule is CC.CC.CC.CC(C)(C)CCCNC(C)(C)C.CC(C)(C)CCNC(=O)C(C)(C)C.CC(C)(C)CNC(=O)C(C)(C)C.CC(C)CCNC(=O)C(C)(C)C.CCCCNC(C)(C)C.CCNC(=O)C(C)(C)C.CCNCCC(C)(C)C. The number of carbonyl (C=O) groups is 4. The van der Waals surface area contributed by atoms with Crippen LogP contribution >= 0.6 is 0 Å². The lowest BCUT2D eigenvalue weighted by Gasteiger charge is -2.23. The van der Waals surface area contributed by atoms with Crippen molar-refractivity contribution in [1.82, 2.24) is 37.2 Å². The topological polar surface area (TPSA) is 152 Å². The second-order valence-electron chi connectivity index (χ2n) is 32.1. The molecule has 0 bridgehead atoms. The van der Waals surface area contributed by atoms with E-state index in [1.54, 1.807) is 0 Å². The van der Waals surface area contributed by atoms with E-state index < -0.39 is 0 Å². The van der Waals surface area contributed by atoms with E-state index in [2.05, 4.69) is 190 Å². The van der Waals surface area contributed by atoms with Gasteiger partial charge in [-0.2, -0.15) is 0 Å². The number of nitrogens with one attached hydrogen (secondary N) is 7. The molecule has 4 amide bonds. The van der Waals surface area contributed by atoms with Crippen LogP contribution in [-0.2, 0) is 19.2 Å². The van der Waals surface area contributed by atoms with Crippen molar-refractivity contribution in [3.8, 4) is 0 Å². The van der Waals surface area contributed by atoms with E-state index in [1.165, 1.54) is 32.1 Å². The highest BCUT2D eigenvalue weighted by Gasteiger charge is 2.24. The molecule has 0 unspecified atom stereocenters. The average molecular weight is 1180 g/mol. The summed E-state index contributed by atoms with van der Waals surface area (Å²) in [4.78, 5) is 45.1. The minimum Gasteiger partial charge on any atom is -0.356 e. The van der Waals surface area contributed by atoms with Gasteiger partial charge in [0.15, 0.2) is 0 Å².